The highest BCUT2D eigenvalue weighted by molar-refractivity contribution is 7.89. The molecule has 8 heteroatoms. The van der Waals surface area contributed by atoms with Crippen LogP contribution >= 0.6 is 0 Å². The molecule has 0 bridgehead atoms. The molecule has 2 aliphatic rings. The van der Waals surface area contributed by atoms with E-state index in [-0.39, 0.29) is 16.1 Å². The van der Waals surface area contributed by atoms with Crippen molar-refractivity contribution in [1.29, 1.82) is 0 Å². The van der Waals surface area contributed by atoms with E-state index in [1.807, 2.05) is 0 Å². The Bertz CT molecular complexity index is 838. The fourth-order valence-corrected chi connectivity index (χ4v) is 4.56. The quantitative estimate of drug-likeness (QED) is 0.747. The Morgan fingerprint density at radius 1 is 1.17 bits per heavy atom. The lowest BCUT2D eigenvalue weighted by atomic mass is 10.0. The first-order chi connectivity index (χ1) is 11.2. The molecule has 1 aromatic rings. The van der Waals surface area contributed by atoms with Crippen LogP contribution in [0.4, 0.5) is 5.69 Å². The number of carbonyl (C=O) groups is 3. The number of hydrogen-bond acceptors (Lipinski definition) is 5. The number of carbonyl (C=O) groups excluding carboxylic acids is 3. The van der Waals surface area contributed by atoms with Crippen LogP contribution in [0.2, 0.25) is 0 Å². The third kappa shape index (κ3) is 2.55. The van der Waals surface area contributed by atoms with Gasteiger partial charge in [0.2, 0.25) is 15.9 Å². The normalized spacial score (nSPS) is 19.7. The molecule has 3 rings (SSSR count). The Balaban J connectivity index is 1.99. The molecule has 0 N–H and O–H groups in total. The Labute approximate surface area is 140 Å². The first-order valence-corrected chi connectivity index (χ1v) is 9.21. The molecule has 0 aliphatic carbocycles. The molecule has 0 saturated carbocycles. The van der Waals surface area contributed by atoms with Gasteiger partial charge in [0, 0.05) is 20.0 Å². The standard InChI is InChI=1S/C16H18N2O5S/c1-10-5-7-17(8-6-10)24(22,23)12-3-4-14-13(9-12)15(20)16(21)18(14)11(2)19/h3-4,9-10H,5-8H2,1-2H3. The van der Waals surface area contributed by atoms with Crippen LogP contribution in [0.15, 0.2) is 23.1 Å². The van der Waals surface area contributed by atoms with Gasteiger partial charge in [-0.25, -0.2) is 13.3 Å². The second kappa shape index (κ2) is 5.78. The van der Waals surface area contributed by atoms with E-state index >= 15 is 0 Å². The first-order valence-electron chi connectivity index (χ1n) is 7.77. The number of piperidine rings is 1. The zero-order chi connectivity index (χ0) is 17.6. The van der Waals surface area contributed by atoms with Crippen molar-refractivity contribution in [2.24, 2.45) is 5.92 Å². The Morgan fingerprint density at radius 2 is 1.79 bits per heavy atom. The van der Waals surface area contributed by atoms with Gasteiger partial charge in [0.05, 0.1) is 16.1 Å². The SMILES string of the molecule is CC(=O)N1C(=O)C(=O)c2cc(S(=O)(=O)N3CCC(C)CC3)ccc21. The van der Waals surface area contributed by atoms with E-state index in [4.69, 9.17) is 0 Å². The maximum atomic E-state index is 12.7. The number of sulfonamides is 1. The minimum absolute atomic E-state index is 0.0256. The van der Waals surface area contributed by atoms with Gasteiger partial charge in [-0.3, -0.25) is 14.4 Å². The first kappa shape index (κ1) is 16.8. The molecule has 2 aliphatic heterocycles. The van der Waals surface area contributed by atoms with Crippen LogP contribution in [0.1, 0.15) is 37.0 Å². The van der Waals surface area contributed by atoms with Gasteiger partial charge < -0.3 is 0 Å². The molecule has 0 unspecified atom stereocenters. The van der Waals surface area contributed by atoms with E-state index in [1.165, 1.54) is 29.4 Å². The highest BCUT2D eigenvalue weighted by Crippen LogP contribution is 2.32. The molecule has 0 atom stereocenters. The third-order valence-electron chi connectivity index (χ3n) is 4.55. The van der Waals surface area contributed by atoms with Crippen LogP contribution in [-0.4, -0.2) is 43.4 Å². The number of nitrogens with zero attached hydrogens (tertiary/aromatic N) is 2. The lowest BCUT2D eigenvalue weighted by molar-refractivity contribution is -0.122. The van der Waals surface area contributed by atoms with Crippen molar-refractivity contribution >= 4 is 33.3 Å². The van der Waals surface area contributed by atoms with Crippen LogP contribution in [-0.2, 0) is 19.6 Å². The van der Waals surface area contributed by atoms with Crippen LogP contribution in [0.5, 0.6) is 0 Å². The summed E-state index contributed by atoms with van der Waals surface area (Å²) in [6.45, 7) is 4.14. The van der Waals surface area contributed by atoms with Crippen LogP contribution in [0.25, 0.3) is 0 Å². The summed E-state index contributed by atoms with van der Waals surface area (Å²) in [6, 6.07) is 3.89. The van der Waals surface area contributed by atoms with Crippen LogP contribution in [0, 0.1) is 5.92 Å². The molecule has 0 spiro atoms. The zero-order valence-electron chi connectivity index (χ0n) is 13.5. The molecule has 1 aromatic carbocycles. The van der Waals surface area contributed by atoms with Gasteiger partial charge in [-0.1, -0.05) is 6.92 Å². The minimum atomic E-state index is -3.72. The molecular formula is C16H18N2O5S. The van der Waals surface area contributed by atoms with Gasteiger partial charge in [0.15, 0.2) is 0 Å². The van der Waals surface area contributed by atoms with E-state index < -0.39 is 27.6 Å². The van der Waals surface area contributed by atoms with Gasteiger partial charge in [-0.05, 0) is 37.0 Å². The van der Waals surface area contributed by atoms with Gasteiger partial charge >= 0.3 is 5.91 Å². The zero-order valence-corrected chi connectivity index (χ0v) is 14.3. The molecule has 7 nitrogen and oxygen atoms in total. The van der Waals surface area contributed by atoms with Crippen molar-refractivity contribution in [3.05, 3.63) is 23.8 Å². The number of rotatable bonds is 2. The predicted molar refractivity (Wildman–Crippen MR) is 86.1 cm³/mol. The molecule has 2 heterocycles. The Hall–Kier alpha value is -2.06. The molecule has 2 amide bonds. The van der Waals surface area contributed by atoms with Crippen molar-refractivity contribution in [2.75, 3.05) is 18.0 Å². The molecule has 1 fully saturated rings. The number of Topliss-reactive ketones (excluding diaryl/α,β-unsaturated/α-hetero) is 1. The Kier molecular flexibility index (Phi) is 4.05. The van der Waals surface area contributed by atoms with E-state index in [1.54, 1.807) is 0 Å². The fraction of sp³-hybridized carbons (Fsp3) is 0.438. The third-order valence-corrected chi connectivity index (χ3v) is 6.44. The number of imide groups is 1. The van der Waals surface area contributed by atoms with Crippen molar-refractivity contribution in [2.45, 2.75) is 31.6 Å². The summed E-state index contributed by atoms with van der Waals surface area (Å²) in [5.41, 5.74) is 0.102. The molecule has 128 valence electrons. The maximum absolute atomic E-state index is 12.7. The summed E-state index contributed by atoms with van der Waals surface area (Å²) >= 11 is 0. The number of anilines is 1. The monoisotopic (exact) mass is 350 g/mol. The van der Waals surface area contributed by atoms with Gasteiger partial charge in [0.25, 0.3) is 5.78 Å². The smallest absolute Gasteiger partial charge is 0.283 e. The molecule has 1 saturated heterocycles. The van der Waals surface area contributed by atoms with E-state index in [0.29, 0.717) is 19.0 Å². The van der Waals surface area contributed by atoms with Crippen LogP contribution < -0.4 is 4.90 Å². The van der Waals surface area contributed by atoms with Crippen molar-refractivity contribution in [3.8, 4) is 0 Å². The van der Waals surface area contributed by atoms with Crippen molar-refractivity contribution in [1.82, 2.24) is 4.31 Å². The minimum Gasteiger partial charge on any atom is -0.283 e. The summed E-state index contributed by atoms with van der Waals surface area (Å²) in [4.78, 5) is 36.3. The molecular weight excluding hydrogens is 332 g/mol. The average Bonchev–Trinajstić information content (AvgIpc) is 2.79. The second-order valence-electron chi connectivity index (χ2n) is 6.25. The van der Waals surface area contributed by atoms with Gasteiger partial charge in [0.1, 0.15) is 0 Å². The Morgan fingerprint density at radius 3 is 2.38 bits per heavy atom. The number of ketones is 1. The van der Waals surface area contributed by atoms with Crippen molar-refractivity contribution in [3.63, 3.8) is 0 Å². The van der Waals surface area contributed by atoms with E-state index in [9.17, 15) is 22.8 Å². The highest BCUT2D eigenvalue weighted by Gasteiger charge is 2.39. The second-order valence-corrected chi connectivity index (χ2v) is 8.19. The van der Waals surface area contributed by atoms with Crippen molar-refractivity contribution < 1.29 is 22.8 Å². The molecule has 0 aromatic heterocycles. The van der Waals surface area contributed by atoms with Gasteiger partial charge in [-0.2, -0.15) is 4.31 Å². The number of amides is 2. The largest absolute Gasteiger partial charge is 0.306 e. The molecule has 0 radical (unpaired) electrons. The number of fused-ring (bicyclic) bond motifs is 1. The van der Waals surface area contributed by atoms with E-state index in [0.717, 1.165) is 17.7 Å². The number of hydrogen-bond donors (Lipinski definition) is 0. The fourth-order valence-electron chi connectivity index (χ4n) is 3.07. The maximum Gasteiger partial charge on any atom is 0.306 e. The summed E-state index contributed by atoms with van der Waals surface area (Å²) in [7, 11) is -3.72. The summed E-state index contributed by atoms with van der Waals surface area (Å²) in [5, 5.41) is 0. The lowest BCUT2D eigenvalue weighted by Crippen LogP contribution is -2.37. The summed E-state index contributed by atoms with van der Waals surface area (Å²) in [6.07, 6.45) is 1.58. The average molecular weight is 350 g/mol. The lowest BCUT2D eigenvalue weighted by Gasteiger charge is -2.29. The summed E-state index contributed by atoms with van der Waals surface area (Å²) in [5.74, 6) is -1.89. The number of benzene rings is 1. The predicted octanol–water partition coefficient (Wildman–Crippen LogP) is 1.18. The van der Waals surface area contributed by atoms with Gasteiger partial charge in [-0.15, -0.1) is 0 Å². The summed E-state index contributed by atoms with van der Waals surface area (Å²) < 4.78 is 26.9. The highest BCUT2D eigenvalue weighted by atomic mass is 32.2. The topological polar surface area (TPSA) is 91.8 Å². The van der Waals surface area contributed by atoms with E-state index in [2.05, 4.69) is 6.92 Å². The molecule has 24 heavy (non-hydrogen) atoms. The van der Waals surface area contributed by atoms with Crippen LogP contribution in [0.3, 0.4) is 0 Å².